The third kappa shape index (κ3) is 4.03. The number of hydrogen-bond acceptors (Lipinski definition) is 3. The zero-order valence-electron chi connectivity index (χ0n) is 12.9. The zero-order valence-corrected chi connectivity index (χ0v) is 14.4. The Balaban J connectivity index is 1.74. The van der Waals surface area contributed by atoms with Gasteiger partial charge in [0, 0.05) is 29.7 Å². The third-order valence-corrected chi connectivity index (χ3v) is 4.91. The molecule has 6 heteroatoms. The average Bonchev–Trinajstić information content (AvgIpc) is 2.58. The van der Waals surface area contributed by atoms with Gasteiger partial charge in [0.15, 0.2) is 0 Å². The van der Waals surface area contributed by atoms with E-state index in [1.54, 1.807) is 12.1 Å². The van der Waals surface area contributed by atoms with Crippen LogP contribution in [0.15, 0.2) is 30.0 Å². The summed E-state index contributed by atoms with van der Waals surface area (Å²) in [6, 6.07) is 4.59. The molecule has 1 N–H and O–H groups in total. The van der Waals surface area contributed by atoms with Crippen LogP contribution in [0.25, 0.3) is 0 Å². The second-order valence-corrected chi connectivity index (χ2v) is 6.70. The Kier molecular flexibility index (Phi) is 5.51. The van der Waals surface area contributed by atoms with Crippen LogP contribution in [0.3, 0.4) is 0 Å². The van der Waals surface area contributed by atoms with Crippen molar-refractivity contribution in [3.8, 4) is 0 Å². The van der Waals surface area contributed by atoms with E-state index in [4.69, 9.17) is 28.6 Å². The van der Waals surface area contributed by atoms with E-state index < -0.39 is 0 Å². The van der Waals surface area contributed by atoms with E-state index in [9.17, 15) is 4.39 Å². The fourth-order valence-corrected chi connectivity index (χ4v) is 3.62. The molecule has 0 bridgehead atoms. The van der Waals surface area contributed by atoms with Crippen LogP contribution in [0.1, 0.15) is 19.3 Å². The molecule has 1 aliphatic heterocycles. The van der Waals surface area contributed by atoms with Crippen molar-refractivity contribution in [3.63, 3.8) is 0 Å². The van der Waals surface area contributed by atoms with E-state index in [1.165, 1.54) is 11.8 Å². The highest BCUT2D eigenvalue weighted by molar-refractivity contribution is 7.80. The van der Waals surface area contributed by atoms with Crippen molar-refractivity contribution in [1.82, 2.24) is 4.90 Å². The molecule has 3 rings (SSSR count). The molecule has 124 valence electrons. The summed E-state index contributed by atoms with van der Waals surface area (Å²) < 4.78 is 19.4. The summed E-state index contributed by atoms with van der Waals surface area (Å²) in [7, 11) is 0. The van der Waals surface area contributed by atoms with Crippen molar-refractivity contribution in [2.45, 2.75) is 19.3 Å². The van der Waals surface area contributed by atoms with Crippen LogP contribution in [0, 0.1) is 11.7 Å². The van der Waals surface area contributed by atoms with E-state index in [-0.39, 0.29) is 11.7 Å². The number of benzene rings is 1. The lowest BCUT2D eigenvalue weighted by atomic mass is 9.90. The van der Waals surface area contributed by atoms with Crippen molar-refractivity contribution < 1.29 is 9.13 Å². The molecule has 0 aromatic heterocycles. The summed E-state index contributed by atoms with van der Waals surface area (Å²) in [5.41, 5.74) is 1.64. The summed E-state index contributed by atoms with van der Waals surface area (Å²) in [5, 5.41) is 3.46. The standard InChI is InChI=1S/C17H20ClFN2OS/c18-12-5-6-15(14(19)11-12)20-17(23)13-3-1-2-4-16(13)21-7-9-22-10-8-21/h4-6,11,13H,1-3,7-10H2,(H,20,23). The summed E-state index contributed by atoms with van der Waals surface area (Å²) in [6.45, 7) is 3.27. The fourth-order valence-electron chi connectivity index (χ4n) is 3.11. The van der Waals surface area contributed by atoms with Gasteiger partial charge in [-0.05, 0) is 37.5 Å². The van der Waals surface area contributed by atoms with E-state index in [0.29, 0.717) is 15.7 Å². The van der Waals surface area contributed by atoms with E-state index in [0.717, 1.165) is 45.6 Å². The maximum absolute atomic E-state index is 14.0. The molecule has 23 heavy (non-hydrogen) atoms. The monoisotopic (exact) mass is 354 g/mol. The van der Waals surface area contributed by atoms with Gasteiger partial charge in [-0.1, -0.05) is 29.9 Å². The van der Waals surface area contributed by atoms with Crippen molar-refractivity contribution in [1.29, 1.82) is 0 Å². The van der Waals surface area contributed by atoms with Gasteiger partial charge in [-0.25, -0.2) is 4.39 Å². The van der Waals surface area contributed by atoms with Gasteiger partial charge < -0.3 is 15.0 Å². The Morgan fingerprint density at radius 1 is 1.35 bits per heavy atom. The molecule has 1 fully saturated rings. The second-order valence-electron chi connectivity index (χ2n) is 5.83. The highest BCUT2D eigenvalue weighted by Gasteiger charge is 2.27. The smallest absolute Gasteiger partial charge is 0.148 e. The quantitative estimate of drug-likeness (QED) is 0.821. The normalized spacial score (nSPS) is 21.7. The van der Waals surface area contributed by atoms with E-state index in [2.05, 4.69) is 16.3 Å². The number of nitrogens with one attached hydrogen (secondary N) is 1. The maximum atomic E-state index is 14.0. The summed E-state index contributed by atoms with van der Waals surface area (Å²) in [4.78, 5) is 3.02. The van der Waals surface area contributed by atoms with Gasteiger partial charge in [0.1, 0.15) is 5.82 Å². The first-order valence-corrected chi connectivity index (χ1v) is 8.72. The number of morpholine rings is 1. The Morgan fingerprint density at radius 2 is 2.13 bits per heavy atom. The van der Waals surface area contributed by atoms with E-state index >= 15 is 0 Å². The molecular formula is C17H20ClFN2OS. The van der Waals surface area contributed by atoms with Gasteiger partial charge >= 0.3 is 0 Å². The lowest BCUT2D eigenvalue weighted by Gasteiger charge is -2.37. The second kappa shape index (κ2) is 7.60. The number of rotatable bonds is 3. The Bertz CT molecular complexity index is 617. The molecule has 1 aromatic rings. The largest absolute Gasteiger partial charge is 0.378 e. The molecule has 1 saturated heterocycles. The Labute approximate surface area is 146 Å². The minimum atomic E-state index is -0.382. The van der Waals surface area contributed by atoms with Gasteiger partial charge in [0.05, 0.1) is 23.9 Å². The molecule has 0 saturated carbocycles. The lowest BCUT2D eigenvalue weighted by molar-refractivity contribution is 0.0494. The molecule has 1 aromatic carbocycles. The first-order valence-electron chi connectivity index (χ1n) is 7.94. The number of anilines is 1. The number of hydrogen-bond donors (Lipinski definition) is 1. The minimum Gasteiger partial charge on any atom is -0.378 e. The van der Waals surface area contributed by atoms with Crippen molar-refractivity contribution in [2.24, 2.45) is 5.92 Å². The summed E-state index contributed by atoms with van der Waals surface area (Å²) in [6.07, 6.45) is 5.43. The number of thiocarbonyl (C=S) groups is 1. The Morgan fingerprint density at radius 3 is 2.87 bits per heavy atom. The molecule has 1 heterocycles. The van der Waals surface area contributed by atoms with Crippen LogP contribution in [0.5, 0.6) is 0 Å². The van der Waals surface area contributed by atoms with Crippen LogP contribution in [-0.2, 0) is 4.74 Å². The average molecular weight is 355 g/mol. The topological polar surface area (TPSA) is 24.5 Å². The number of allylic oxidation sites excluding steroid dienone is 1. The first kappa shape index (κ1) is 16.7. The SMILES string of the molecule is Fc1cc(Cl)ccc1NC(=S)C1CCCC=C1N1CCOCC1. The van der Waals surface area contributed by atoms with Crippen molar-refractivity contribution in [2.75, 3.05) is 31.6 Å². The molecule has 3 nitrogen and oxygen atoms in total. The number of halogens is 2. The van der Waals surface area contributed by atoms with Gasteiger partial charge in [-0.2, -0.15) is 0 Å². The van der Waals surface area contributed by atoms with E-state index in [1.807, 2.05) is 0 Å². The predicted octanol–water partition coefficient (Wildman–Crippen LogP) is 4.23. The van der Waals surface area contributed by atoms with Gasteiger partial charge in [0.2, 0.25) is 0 Å². The van der Waals surface area contributed by atoms with Crippen LogP contribution in [-0.4, -0.2) is 36.2 Å². The Hall–Kier alpha value is -1.17. The molecule has 0 radical (unpaired) electrons. The van der Waals surface area contributed by atoms with Crippen molar-refractivity contribution >= 4 is 34.5 Å². The maximum Gasteiger partial charge on any atom is 0.148 e. The zero-order chi connectivity index (χ0) is 16.2. The van der Waals surface area contributed by atoms with Gasteiger partial charge in [-0.3, -0.25) is 0 Å². The predicted molar refractivity (Wildman–Crippen MR) is 95.4 cm³/mol. The van der Waals surface area contributed by atoms with Crippen LogP contribution in [0.4, 0.5) is 10.1 Å². The summed E-state index contributed by atoms with van der Waals surface area (Å²) in [5.74, 6) is -0.250. The molecule has 0 spiro atoms. The molecule has 1 aliphatic carbocycles. The van der Waals surface area contributed by atoms with Crippen molar-refractivity contribution in [3.05, 3.63) is 40.8 Å². The third-order valence-electron chi connectivity index (χ3n) is 4.29. The van der Waals surface area contributed by atoms with Crippen LogP contribution < -0.4 is 5.32 Å². The number of ether oxygens (including phenoxy) is 1. The molecule has 2 aliphatic rings. The minimum absolute atomic E-state index is 0.131. The molecule has 1 unspecified atom stereocenters. The van der Waals surface area contributed by atoms with Crippen LogP contribution >= 0.6 is 23.8 Å². The number of nitrogens with zero attached hydrogens (tertiary/aromatic N) is 1. The summed E-state index contributed by atoms with van der Waals surface area (Å²) >= 11 is 11.4. The lowest BCUT2D eigenvalue weighted by Crippen LogP contribution is -2.41. The molecular weight excluding hydrogens is 335 g/mol. The fraction of sp³-hybridized carbons (Fsp3) is 0.471. The molecule has 1 atom stereocenters. The molecule has 0 amide bonds. The highest BCUT2D eigenvalue weighted by atomic mass is 35.5. The first-order chi connectivity index (χ1) is 11.1. The van der Waals surface area contributed by atoms with Crippen LogP contribution in [0.2, 0.25) is 5.02 Å². The van der Waals surface area contributed by atoms with Gasteiger partial charge in [0.25, 0.3) is 0 Å². The van der Waals surface area contributed by atoms with Gasteiger partial charge in [-0.15, -0.1) is 0 Å². The highest BCUT2D eigenvalue weighted by Crippen LogP contribution is 2.30.